The quantitative estimate of drug-likeness (QED) is 0.723. The van der Waals surface area contributed by atoms with Gasteiger partial charge in [0, 0.05) is 10.9 Å². The van der Waals surface area contributed by atoms with Crippen molar-refractivity contribution in [3.05, 3.63) is 48.0 Å². The van der Waals surface area contributed by atoms with Crippen LogP contribution in [0, 0.1) is 6.92 Å². The Hall–Kier alpha value is -2.75. The molecule has 3 aromatic rings. The van der Waals surface area contributed by atoms with Crippen LogP contribution in [0.2, 0.25) is 0 Å². The third-order valence-electron chi connectivity index (χ3n) is 3.81. The maximum absolute atomic E-state index is 5.41. The first-order valence-electron chi connectivity index (χ1n) is 7.34. The van der Waals surface area contributed by atoms with Gasteiger partial charge in [-0.05, 0) is 37.3 Å². The number of ether oxygens (including phenoxy) is 3. The number of aromatic nitrogens is 1. The van der Waals surface area contributed by atoms with Crippen molar-refractivity contribution in [1.29, 1.82) is 0 Å². The first-order chi connectivity index (χ1) is 11.2. The second-order valence-corrected chi connectivity index (χ2v) is 5.31. The minimum atomic E-state index is 0.579. The Labute approximate surface area is 135 Å². The molecule has 4 heteroatoms. The highest BCUT2D eigenvalue weighted by molar-refractivity contribution is 5.82. The lowest BCUT2D eigenvalue weighted by Crippen LogP contribution is -1.96. The van der Waals surface area contributed by atoms with Gasteiger partial charge in [0.25, 0.3) is 0 Å². The molecule has 0 fully saturated rings. The van der Waals surface area contributed by atoms with Gasteiger partial charge < -0.3 is 14.2 Å². The van der Waals surface area contributed by atoms with Gasteiger partial charge in [0.1, 0.15) is 0 Å². The van der Waals surface area contributed by atoms with Crippen molar-refractivity contribution < 1.29 is 14.2 Å². The molecule has 2 aromatic carbocycles. The summed E-state index contributed by atoms with van der Waals surface area (Å²) in [6.45, 7) is 2.08. The number of rotatable bonds is 4. The average Bonchev–Trinajstić information content (AvgIpc) is 2.59. The molecule has 4 nitrogen and oxygen atoms in total. The van der Waals surface area contributed by atoms with Crippen molar-refractivity contribution in [3.63, 3.8) is 0 Å². The second kappa shape index (κ2) is 6.16. The zero-order valence-electron chi connectivity index (χ0n) is 13.7. The highest BCUT2D eigenvalue weighted by Crippen LogP contribution is 2.41. The monoisotopic (exact) mass is 309 g/mol. The Balaban J connectivity index is 2.16. The zero-order chi connectivity index (χ0) is 16.4. The highest BCUT2D eigenvalue weighted by Gasteiger charge is 2.14. The lowest BCUT2D eigenvalue weighted by atomic mass is 10.1. The van der Waals surface area contributed by atoms with Crippen LogP contribution in [-0.2, 0) is 0 Å². The summed E-state index contributed by atoms with van der Waals surface area (Å²) in [5.74, 6) is 1.82. The minimum absolute atomic E-state index is 0.579. The van der Waals surface area contributed by atoms with Crippen LogP contribution in [0.3, 0.4) is 0 Å². The van der Waals surface area contributed by atoms with Gasteiger partial charge in [-0.2, -0.15) is 0 Å². The molecule has 1 heterocycles. The summed E-state index contributed by atoms with van der Waals surface area (Å²) >= 11 is 0. The van der Waals surface area contributed by atoms with Crippen LogP contribution >= 0.6 is 0 Å². The van der Waals surface area contributed by atoms with Crippen molar-refractivity contribution in [2.24, 2.45) is 0 Å². The van der Waals surface area contributed by atoms with Crippen molar-refractivity contribution in [2.75, 3.05) is 21.3 Å². The Morgan fingerprint density at radius 1 is 0.783 bits per heavy atom. The number of benzene rings is 2. The molecule has 0 radical (unpaired) electrons. The number of hydrogen-bond acceptors (Lipinski definition) is 4. The highest BCUT2D eigenvalue weighted by atomic mass is 16.5. The first kappa shape index (κ1) is 15.2. The Kier molecular flexibility index (Phi) is 4.06. The van der Waals surface area contributed by atoms with Gasteiger partial charge >= 0.3 is 0 Å². The lowest BCUT2D eigenvalue weighted by Gasteiger charge is -2.14. The van der Waals surface area contributed by atoms with Gasteiger partial charge in [0.05, 0.1) is 32.5 Å². The van der Waals surface area contributed by atoms with Crippen LogP contribution in [0.5, 0.6) is 17.2 Å². The SMILES string of the molecule is COc1cc(-c2ccc3cc(C)ccc3n2)cc(OC)c1OC. The lowest BCUT2D eigenvalue weighted by molar-refractivity contribution is 0.324. The van der Waals surface area contributed by atoms with Gasteiger partial charge in [-0.25, -0.2) is 4.98 Å². The topological polar surface area (TPSA) is 40.6 Å². The molecule has 0 N–H and O–H groups in total. The molecular formula is C19H19NO3. The molecule has 0 atom stereocenters. The molecule has 1 aromatic heterocycles. The Morgan fingerprint density at radius 3 is 2.09 bits per heavy atom. The van der Waals surface area contributed by atoms with E-state index in [0.717, 1.165) is 22.2 Å². The molecule has 0 saturated carbocycles. The van der Waals surface area contributed by atoms with Crippen LogP contribution < -0.4 is 14.2 Å². The molecule has 0 aliphatic rings. The van der Waals surface area contributed by atoms with E-state index in [1.807, 2.05) is 24.3 Å². The smallest absolute Gasteiger partial charge is 0.203 e. The van der Waals surface area contributed by atoms with E-state index in [2.05, 4.69) is 25.1 Å². The van der Waals surface area contributed by atoms with E-state index in [9.17, 15) is 0 Å². The fraction of sp³-hybridized carbons (Fsp3) is 0.211. The standard InChI is InChI=1S/C19H19NO3/c1-12-5-7-15-13(9-12)6-8-16(20-15)14-10-17(21-2)19(23-4)18(11-14)22-3/h5-11H,1-4H3. The molecule has 23 heavy (non-hydrogen) atoms. The van der Waals surface area contributed by atoms with E-state index >= 15 is 0 Å². The normalized spacial score (nSPS) is 10.6. The van der Waals surface area contributed by atoms with Crippen LogP contribution in [0.1, 0.15) is 5.56 Å². The van der Waals surface area contributed by atoms with Gasteiger partial charge in [0.2, 0.25) is 5.75 Å². The summed E-state index contributed by atoms with van der Waals surface area (Å²) in [6, 6.07) is 14.1. The molecule has 0 bridgehead atoms. The number of hydrogen-bond donors (Lipinski definition) is 0. The second-order valence-electron chi connectivity index (χ2n) is 5.31. The fourth-order valence-corrected chi connectivity index (χ4v) is 2.63. The van der Waals surface area contributed by atoms with Gasteiger partial charge in [-0.3, -0.25) is 0 Å². The third kappa shape index (κ3) is 2.80. The van der Waals surface area contributed by atoms with Gasteiger partial charge in [0.15, 0.2) is 11.5 Å². The van der Waals surface area contributed by atoms with Gasteiger partial charge in [-0.15, -0.1) is 0 Å². The molecule has 0 amide bonds. The van der Waals surface area contributed by atoms with Crippen LogP contribution in [-0.4, -0.2) is 26.3 Å². The van der Waals surface area contributed by atoms with E-state index in [-0.39, 0.29) is 0 Å². The number of nitrogens with zero attached hydrogens (tertiary/aromatic N) is 1. The Morgan fingerprint density at radius 2 is 1.48 bits per heavy atom. The average molecular weight is 309 g/mol. The van der Waals surface area contributed by atoms with Crippen molar-refractivity contribution in [1.82, 2.24) is 4.98 Å². The predicted octanol–water partition coefficient (Wildman–Crippen LogP) is 4.24. The summed E-state index contributed by atoms with van der Waals surface area (Å²) in [6.07, 6.45) is 0. The van der Waals surface area contributed by atoms with Crippen molar-refractivity contribution >= 4 is 10.9 Å². The molecule has 0 aliphatic carbocycles. The molecule has 0 aliphatic heterocycles. The molecule has 0 unspecified atom stereocenters. The number of methoxy groups -OCH3 is 3. The molecule has 3 rings (SSSR count). The van der Waals surface area contributed by atoms with E-state index in [1.54, 1.807) is 21.3 Å². The van der Waals surface area contributed by atoms with Crippen LogP contribution in [0.25, 0.3) is 22.2 Å². The van der Waals surface area contributed by atoms with Crippen molar-refractivity contribution in [3.8, 4) is 28.5 Å². The number of fused-ring (bicyclic) bond motifs is 1. The Bertz CT molecular complexity index is 833. The van der Waals surface area contributed by atoms with Crippen LogP contribution in [0.4, 0.5) is 0 Å². The third-order valence-corrected chi connectivity index (χ3v) is 3.81. The maximum Gasteiger partial charge on any atom is 0.203 e. The van der Waals surface area contributed by atoms with E-state index < -0.39 is 0 Å². The van der Waals surface area contributed by atoms with E-state index in [4.69, 9.17) is 19.2 Å². The molecule has 0 saturated heterocycles. The first-order valence-corrected chi connectivity index (χ1v) is 7.34. The van der Waals surface area contributed by atoms with Crippen LogP contribution in [0.15, 0.2) is 42.5 Å². The maximum atomic E-state index is 5.41. The largest absolute Gasteiger partial charge is 0.493 e. The molecular weight excluding hydrogens is 290 g/mol. The number of pyridine rings is 1. The van der Waals surface area contributed by atoms with E-state index in [1.165, 1.54) is 5.56 Å². The van der Waals surface area contributed by atoms with Crippen molar-refractivity contribution in [2.45, 2.75) is 6.92 Å². The summed E-state index contributed by atoms with van der Waals surface area (Å²) in [5, 5.41) is 1.13. The fourth-order valence-electron chi connectivity index (χ4n) is 2.63. The minimum Gasteiger partial charge on any atom is -0.493 e. The van der Waals surface area contributed by atoms with Gasteiger partial charge in [-0.1, -0.05) is 17.7 Å². The van der Waals surface area contributed by atoms with E-state index in [0.29, 0.717) is 17.2 Å². The summed E-state index contributed by atoms with van der Waals surface area (Å²) < 4.78 is 16.2. The molecule has 0 spiro atoms. The summed E-state index contributed by atoms with van der Waals surface area (Å²) in [4.78, 5) is 4.74. The zero-order valence-corrected chi connectivity index (χ0v) is 13.7. The number of aryl methyl sites for hydroxylation is 1. The predicted molar refractivity (Wildman–Crippen MR) is 91.6 cm³/mol. The molecule has 118 valence electrons. The summed E-state index contributed by atoms with van der Waals surface area (Å²) in [5.41, 5.74) is 3.96. The summed E-state index contributed by atoms with van der Waals surface area (Å²) in [7, 11) is 4.81.